The van der Waals surface area contributed by atoms with Crippen LogP contribution in [0.25, 0.3) is 11.3 Å². The number of carbonyl (C=O) groups is 1. The predicted molar refractivity (Wildman–Crippen MR) is 95.2 cm³/mol. The number of ether oxygens (including phenoxy) is 1. The molecule has 0 bridgehead atoms. The van der Waals surface area contributed by atoms with E-state index in [1.807, 2.05) is 44.3 Å². The lowest BCUT2D eigenvalue weighted by Crippen LogP contribution is -2.24. The van der Waals surface area contributed by atoms with E-state index in [1.54, 1.807) is 29.2 Å². The van der Waals surface area contributed by atoms with Crippen LogP contribution in [0.2, 0.25) is 0 Å². The van der Waals surface area contributed by atoms with Gasteiger partial charge in [0.2, 0.25) is 0 Å². The van der Waals surface area contributed by atoms with Crippen molar-refractivity contribution >= 4 is 5.91 Å². The number of hydrogen-bond acceptors (Lipinski definition) is 4. The molecule has 0 saturated heterocycles. The van der Waals surface area contributed by atoms with Crippen molar-refractivity contribution in [2.24, 2.45) is 7.05 Å². The van der Waals surface area contributed by atoms with E-state index >= 15 is 0 Å². The molecular weight excluding hydrogens is 316 g/mol. The summed E-state index contributed by atoms with van der Waals surface area (Å²) in [5.41, 5.74) is 3.28. The number of carbonyl (C=O) groups excluding carboxylic acids is 1. The molecule has 1 amide bonds. The average Bonchev–Trinajstić information content (AvgIpc) is 3.02. The zero-order valence-electron chi connectivity index (χ0n) is 14.3. The molecule has 0 aliphatic heterocycles. The maximum Gasteiger partial charge on any atom is 0.255 e. The second-order valence-electron chi connectivity index (χ2n) is 5.49. The van der Waals surface area contributed by atoms with Gasteiger partial charge in [-0.2, -0.15) is 5.10 Å². The third kappa shape index (κ3) is 3.85. The Morgan fingerprint density at radius 2 is 1.96 bits per heavy atom. The highest BCUT2D eigenvalue weighted by Crippen LogP contribution is 2.19. The third-order valence-electron chi connectivity index (χ3n) is 3.81. The van der Waals surface area contributed by atoms with Crippen molar-refractivity contribution < 1.29 is 9.53 Å². The molecule has 3 rings (SSSR count). The summed E-state index contributed by atoms with van der Waals surface area (Å²) in [5, 5.41) is 7.42. The fourth-order valence-corrected chi connectivity index (χ4v) is 2.54. The van der Waals surface area contributed by atoms with E-state index in [9.17, 15) is 4.79 Å². The standard InChI is InChI=1S/C19H20N4O2/c1-3-25-18-7-5-4-6-16(18)19(24)21-13-15-12-17(22-23(15)2)14-8-10-20-11-9-14/h4-12H,3,13H2,1-2H3,(H,21,24). The van der Waals surface area contributed by atoms with Gasteiger partial charge >= 0.3 is 0 Å². The zero-order valence-corrected chi connectivity index (χ0v) is 14.3. The highest BCUT2D eigenvalue weighted by atomic mass is 16.5. The normalized spacial score (nSPS) is 10.5. The number of benzene rings is 1. The Labute approximate surface area is 146 Å². The Hall–Kier alpha value is -3.15. The monoisotopic (exact) mass is 336 g/mol. The van der Waals surface area contributed by atoms with Crippen LogP contribution in [0, 0.1) is 0 Å². The third-order valence-corrected chi connectivity index (χ3v) is 3.81. The highest BCUT2D eigenvalue weighted by molar-refractivity contribution is 5.96. The lowest BCUT2D eigenvalue weighted by molar-refractivity contribution is 0.0946. The van der Waals surface area contributed by atoms with Crippen molar-refractivity contribution in [1.82, 2.24) is 20.1 Å². The molecule has 0 atom stereocenters. The van der Waals surface area contributed by atoms with Crippen molar-refractivity contribution in [2.45, 2.75) is 13.5 Å². The van der Waals surface area contributed by atoms with Gasteiger partial charge in [-0.1, -0.05) is 12.1 Å². The molecule has 0 aliphatic rings. The maximum atomic E-state index is 12.5. The number of aromatic nitrogens is 3. The van der Waals surface area contributed by atoms with E-state index < -0.39 is 0 Å². The molecule has 6 heteroatoms. The van der Waals surface area contributed by atoms with Crippen LogP contribution in [0.1, 0.15) is 23.0 Å². The molecular formula is C19H20N4O2. The van der Waals surface area contributed by atoms with E-state index in [4.69, 9.17) is 4.74 Å². The fourth-order valence-electron chi connectivity index (χ4n) is 2.54. The van der Waals surface area contributed by atoms with Gasteiger partial charge in [0, 0.05) is 25.0 Å². The molecule has 1 aromatic carbocycles. The van der Waals surface area contributed by atoms with Gasteiger partial charge in [-0.3, -0.25) is 14.5 Å². The summed E-state index contributed by atoms with van der Waals surface area (Å²) in [4.78, 5) is 16.5. The fraction of sp³-hybridized carbons (Fsp3) is 0.211. The molecule has 0 fully saturated rings. The van der Waals surface area contributed by atoms with Crippen LogP contribution in [0.15, 0.2) is 54.9 Å². The smallest absolute Gasteiger partial charge is 0.255 e. The van der Waals surface area contributed by atoms with E-state index in [-0.39, 0.29) is 5.91 Å². The molecule has 0 unspecified atom stereocenters. The number of nitrogens with one attached hydrogen (secondary N) is 1. The molecule has 0 saturated carbocycles. The summed E-state index contributed by atoms with van der Waals surface area (Å²) >= 11 is 0. The number of amides is 1. The van der Waals surface area contributed by atoms with Crippen LogP contribution in [-0.4, -0.2) is 27.3 Å². The van der Waals surface area contributed by atoms with Crippen molar-refractivity contribution in [3.63, 3.8) is 0 Å². The Morgan fingerprint density at radius 1 is 1.20 bits per heavy atom. The minimum atomic E-state index is -0.171. The molecule has 0 aliphatic carbocycles. The quantitative estimate of drug-likeness (QED) is 0.751. The highest BCUT2D eigenvalue weighted by Gasteiger charge is 2.13. The minimum absolute atomic E-state index is 0.171. The van der Waals surface area contributed by atoms with Crippen LogP contribution in [0.5, 0.6) is 5.75 Å². The van der Waals surface area contributed by atoms with Crippen LogP contribution in [0.4, 0.5) is 0 Å². The first-order chi connectivity index (χ1) is 12.2. The molecule has 1 N–H and O–H groups in total. The van der Waals surface area contributed by atoms with E-state index in [0.29, 0.717) is 24.5 Å². The summed E-state index contributed by atoms with van der Waals surface area (Å²) in [6.07, 6.45) is 3.46. The first-order valence-corrected chi connectivity index (χ1v) is 8.12. The largest absolute Gasteiger partial charge is 0.493 e. The van der Waals surface area contributed by atoms with Gasteiger partial charge in [-0.05, 0) is 37.3 Å². The SMILES string of the molecule is CCOc1ccccc1C(=O)NCc1cc(-c2ccncc2)nn1C. The lowest BCUT2D eigenvalue weighted by atomic mass is 10.2. The van der Waals surface area contributed by atoms with Gasteiger partial charge in [0.15, 0.2) is 0 Å². The van der Waals surface area contributed by atoms with Crippen LogP contribution in [-0.2, 0) is 13.6 Å². The maximum absolute atomic E-state index is 12.5. The van der Waals surface area contributed by atoms with Gasteiger partial charge < -0.3 is 10.1 Å². The van der Waals surface area contributed by atoms with E-state index in [1.165, 1.54) is 0 Å². The number of pyridine rings is 1. The van der Waals surface area contributed by atoms with Crippen LogP contribution in [0.3, 0.4) is 0 Å². The number of aryl methyl sites for hydroxylation is 1. The summed E-state index contributed by atoms with van der Waals surface area (Å²) < 4.78 is 7.28. The summed E-state index contributed by atoms with van der Waals surface area (Å²) in [7, 11) is 1.86. The summed E-state index contributed by atoms with van der Waals surface area (Å²) in [6, 6.07) is 13.0. The Balaban J connectivity index is 1.72. The van der Waals surface area contributed by atoms with Gasteiger partial charge in [0.1, 0.15) is 5.75 Å². The minimum Gasteiger partial charge on any atom is -0.493 e. The molecule has 2 aromatic heterocycles. The van der Waals surface area contributed by atoms with Crippen molar-refractivity contribution in [2.75, 3.05) is 6.61 Å². The number of hydrogen-bond donors (Lipinski definition) is 1. The van der Waals surface area contributed by atoms with Gasteiger partial charge in [0.25, 0.3) is 5.91 Å². The van der Waals surface area contributed by atoms with Gasteiger partial charge in [-0.15, -0.1) is 0 Å². The predicted octanol–water partition coefficient (Wildman–Crippen LogP) is 2.81. The van der Waals surface area contributed by atoms with E-state index in [2.05, 4.69) is 15.4 Å². The Bertz CT molecular complexity index is 859. The first kappa shape index (κ1) is 16.7. The molecule has 3 aromatic rings. The summed E-state index contributed by atoms with van der Waals surface area (Å²) in [5.74, 6) is 0.417. The van der Waals surface area contributed by atoms with Gasteiger partial charge in [-0.25, -0.2) is 0 Å². The first-order valence-electron chi connectivity index (χ1n) is 8.12. The molecule has 6 nitrogen and oxygen atoms in total. The average molecular weight is 336 g/mol. The number of para-hydroxylation sites is 1. The topological polar surface area (TPSA) is 69.0 Å². The number of rotatable bonds is 6. The molecule has 25 heavy (non-hydrogen) atoms. The van der Waals surface area contributed by atoms with E-state index in [0.717, 1.165) is 17.0 Å². The Kier molecular flexibility index (Phi) is 5.09. The number of nitrogens with zero attached hydrogens (tertiary/aromatic N) is 3. The molecule has 0 spiro atoms. The zero-order chi connectivity index (χ0) is 17.6. The lowest BCUT2D eigenvalue weighted by Gasteiger charge is -2.10. The van der Waals surface area contributed by atoms with Crippen LogP contribution >= 0.6 is 0 Å². The van der Waals surface area contributed by atoms with Crippen molar-refractivity contribution in [1.29, 1.82) is 0 Å². The van der Waals surface area contributed by atoms with Crippen molar-refractivity contribution in [3.8, 4) is 17.0 Å². The molecule has 2 heterocycles. The van der Waals surface area contributed by atoms with Crippen molar-refractivity contribution in [3.05, 3.63) is 66.1 Å². The van der Waals surface area contributed by atoms with Crippen LogP contribution < -0.4 is 10.1 Å². The summed E-state index contributed by atoms with van der Waals surface area (Å²) in [6.45, 7) is 2.79. The Morgan fingerprint density at radius 3 is 2.72 bits per heavy atom. The molecule has 128 valence electrons. The van der Waals surface area contributed by atoms with Gasteiger partial charge in [0.05, 0.1) is 30.1 Å². The second-order valence-corrected chi connectivity index (χ2v) is 5.49. The molecule has 0 radical (unpaired) electrons. The second kappa shape index (κ2) is 7.61.